The van der Waals surface area contributed by atoms with Gasteiger partial charge in [-0.1, -0.05) is 27.7 Å². The van der Waals surface area contributed by atoms with Crippen molar-refractivity contribution in [1.82, 2.24) is 20.4 Å². The van der Waals surface area contributed by atoms with E-state index in [1.807, 2.05) is 24.3 Å². The Hall–Kier alpha value is -2.48. The van der Waals surface area contributed by atoms with Gasteiger partial charge in [0.1, 0.15) is 6.04 Å². The Labute approximate surface area is 153 Å². The summed E-state index contributed by atoms with van der Waals surface area (Å²) in [5.41, 5.74) is 0.828. The molecule has 1 N–H and O–H groups in total. The van der Waals surface area contributed by atoms with Gasteiger partial charge in [-0.25, -0.2) is 0 Å². The molecule has 8 heteroatoms. The van der Waals surface area contributed by atoms with Crippen LogP contribution in [0.5, 0.6) is 0 Å². The molecule has 1 fully saturated rings. The van der Waals surface area contributed by atoms with E-state index in [1.54, 1.807) is 11.8 Å². The monoisotopic (exact) mass is 404 g/mol. The van der Waals surface area contributed by atoms with Gasteiger partial charge in [0.2, 0.25) is 23.5 Å². The van der Waals surface area contributed by atoms with Crippen LogP contribution in [0.2, 0.25) is 0 Å². The Morgan fingerprint density at radius 1 is 1.40 bits per heavy atom. The van der Waals surface area contributed by atoms with Crippen LogP contribution in [0.3, 0.4) is 0 Å². The zero-order valence-corrected chi connectivity index (χ0v) is 15.2. The maximum absolute atomic E-state index is 12.2. The van der Waals surface area contributed by atoms with Crippen molar-refractivity contribution in [2.45, 2.75) is 13.0 Å². The number of halogens is 1. The minimum atomic E-state index is -0.409. The summed E-state index contributed by atoms with van der Waals surface area (Å²) in [6, 6.07) is 7.13. The van der Waals surface area contributed by atoms with Crippen LogP contribution in [0.25, 0.3) is 11.4 Å². The molecule has 3 rings (SSSR count). The van der Waals surface area contributed by atoms with Crippen molar-refractivity contribution in [3.05, 3.63) is 47.3 Å². The van der Waals surface area contributed by atoms with Crippen LogP contribution in [-0.4, -0.2) is 39.9 Å². The first kappa shape index (κ1) is 17.3. The summed E-state index contributed by atoms with van der Waals surface area (Å²) in [4.78, 5) is 29.5. The zero-order chi connectivity index (χ0) is 18.0. The number of nitrogens with zero attached hydrogens (tertiary/aromatic N) is 3. The molecule has 0 spiro atoms. The Balaban J connectivity index is 1.58. The summed E-state index contributed by atoms with van der Waals surface area (Å²) < 4.78 is 6.22. The molecule has 1 aromatic heterocycles. The molecule has 1 unspecified atom stereocenters. The third kappa shape index (κ3) is 3.79. The van der Waals surface area contributed by atoms with E-state index in [1.165, 1.54) is 6.08 Å². The van der Waals surface area contributed by atoms with Crippen molar-refractivity contribution >= 4 is 27.7 Å². The number of hydrogen-bond acceptors (Lipinski definition) is 5. The molecule has 2 heterocycles. The lowest BCUT2D eigenvalue weighted by molar-refractivity contribution is -0.139. The molecule has 25 heavy (non-hydrogen) atoms. The average Bonchev–Trinajstić information content (AvgIpc) is 3.04. The van der Waals surface area contributed by atoms with E-state index in [2.05, 4.69) is 38.0 Å². The first-order valence-corrected chi connectivity index (χ1v) is 8.58. The van der Waals surface area contributed by atoms with Crippen molar-refractivity contribution in [2.24, 2.45) is 5.92 Å². The van der Waals surface area contributed by atoms with Crippen LogP contribution in [0.1, 0.15) is 18.9 Å². The summed E-state index contributed by atoms with van der Waals surface area (Å²) in [7, 11) is 0. The summed E-state index contributed by atoms with van der Waals surface area (Å²) in [5, 5.41) is 6.80. The van der Waals surface area contributed by atoms with Crippen molar-refractivity contribution in [3.63, 3.8) is 0 Å². The lowest BCUT2D eigenvalue weighted by atomic mass is 9.98. The molecule has 1 atom stereocenters. The van der Waals surface area contributed by atoms with Crippen molar-refractivity contribution < 1.29 is 14.1 Å². The second-order valence-electron chi connectivity index (χ2n) is 5.84. The van der Waals surface area contributed by atoms with E-state index < -0.39 is 6.04 Å². The maximum atomic E-state index is 12.2. The van der Waals surface area contributed by atoms with E-state index >= 15 is 0 Å². The quantitative estimate of drug-likeness (QED) is 0.772. The molecular formula is C17H17BrN4O3. The molecule has 2 aromatic rings. The Morgan fingerprint density at radius 3 is 2.72 bits per heavy atom. The predicted octanol–water partition coefficient (Wildman–Crippen LogP) is 2.32. The number of hydrogen-bond donors (Lipinski definition) is 1. The van der Waals surface area contributed by atoms with E-state index in [4.69, 9.17) is 4.52 Å². The van der Waals surface area contributed by atoms with Gasteiger partial charge in [0, 0.05) is 23.1 Å². The van der Waals surface area contributed by atoms with Crippen LogP contribution in [0.4, 0.5) is 0 Å². The highest BCUT2D eigenvalue weighted by atomic mass is 79.9. The lowest BCUT2D eigenvalue weighted by Crippen LogP contribution is -2.55. The number of amides is 2. The minimum Gasteiger partial charge on any atom is -0.344 e. The smallest absolute Gasteiger partial charge is 0.249 e. The third-order valence-corrected chi connectivity index (χ3v) is 4.54. The molecule has 0 bridgehead atoms. The summed E-state index contributed by atoms with van der Waals surface area (Å²) in [6.07, 6.45) is 1.25. The molecular weight excluding hydrogens is 388 g/mol. The summed E-state index contributed by atoms with van der Waals surface area (Å²) >= 11 is 3.38. The number of likely N-dealkylation sites (tertiary alicyclic amines) is 1. The number of aromatic nitrogens is 2. The predicted molar refractivity (Wildman–Crippen MR) is 94.3 cm³/mol. The zero-order valence-electron chi connectivity index (χ0n) is 13.6. The molecule has 0 saturated carbocycles. The number of rotatable bonds is 5. The van der Waals surface area contributed by atoms with Crippen molar-refractivity contribution in [3.8, 4) is 11.4 Å². The first-order chi connectivity index (χ1) is 12.0. The highest BCUT2D eigenvalue weighted by Gasteiger charge is 2.35. The molecule has 1 saturated heterocycles. The van der Waals surface area contributed by atoms with Crippen LogP contribution >= 0.6 is 15.9 Å². The van der Waals surface area contributed by atoms with E-state index in [-0.39, 0.29) is 17.7 Å². The first-order valence-electron chi connectivity index (χ1n) is 7.79. The third-order valence-electron chi connectivity index (χ3n) is 4.01. The van der Waals surface area contributed by atoms with E-state index in [0.29, 0.717) is 24.8 Å². The maximum Gasteiger partial charge on any atom is 0.249 e. The molecule has 1 aliphatic rings. The van der Waals surface area contributed by atoms with Gasteiger partial charge in [-0.05, 0) is 37.3 Å². The van der Waals surface area contributed by atoms with Crippen LogP contribution in [0, 0.1) is 5.92 Å². The molecule has 7 nitrogen and oxygen atoms in total. The van der Waals surface area contributed by atoms with Gasteiger partial charge in [-0.15, -0.1) is 0 Å². The van der Waals surface area contributed by atoms with Gasteiger partial charge in [0.05, 0.1) is 5.92 Å². The molecule has 0 radical (unpaired) electrons. The summed E-state index contributed by atoms with van der Waals surface area (Å²) in [5.74, 6) is 0.289. The fourth-order valence-electron chi connectivity index (χ4n) is 2.47. The number of carbonyl (C=O) groups is 2. The van der Waals surface area contributed by atoms with Crippen molar-refractivity contribution in [2.75, 3.05) is 13.1 Å². The van der Waals surface area contributed by atoms with Crippen LogP contribution in [-0.2, 0) is 9.59 Å². The van der Waals surface area contributed by atoms with E-state index in [0.717, 1.165) is 10.0 Å². The van der Waals surface area contributed by atoms with Crippen molar-refractivity contribution in [1.29, 1.82) is 0 Å². The standard InChI is InChI=1S/C17H17BrN4O3/c1-3-14(23)22-8-12(9-22)16(24)19-10(2)17-20-15(21-25-17)11-4-6-13(18)7-5-11/h3-7,10,12H,1,8-9H2,2H3,(H,19,24). The number of nitrogens with one attached hydrogen (secondary N) is 1. The topological polar surface area (TPSA) is 88.3 Å². The Kier molecular flexibility index (Phi) is 4.98. The second kappa shape index (κ2) is 7.18. The molecule has 1 aliphatic heterocycles. The Bertz CT molecular complexity index is 796. The van der Waals surface area contributed by atoms with Gasteiger partial charge in [-0.2, -0.15) is 4.98 Å². The van der Waals surface area contributed by atoms with Gasteiger partial charge in [-0.3, -0.25) is 9.59 Å². The molecule has 2 amide bonds. The number of benzene rings is 1. The number of carbonyl (C=O) groups excluding carboxylic acids is 2. The van der Waals surface area contributed by atoms with Gasteiger partial charge in [0.15, 0.2) is 0 Å². The van der Waals surface area contributed by atoms with Gasteiger partial charge < -0.3 is 14.7 Å². The second-order valence-corrected chi connectivity index (χ2v) is 6.75. The summed E-state index contributed by atoms with van der Waals surface area (Å²) in [6.45, 7) is 6.01. The highest BCUT2D eigenvalue weighted by Crippen LogP contribution is 2.22. The molecule has 130 valence electrons. The normalized spacial score (nSPS) is 15.4. The Morgan fingerprint density at radius 2 is 2.08 bits per heavy atom. The van der Waals surface area contributed by atoms with Crippen LogP contribution in [0.15, 0.2) is 45.9 Å². The fraction of sp³-hybridized carbons (Fsp3) is 0.294. The minimum absolute atomic E-state index is 0.135. The van der Waals surface area contributed by atoms with E-state index in [9.17, 15) is 9.59 Å². The largest absolute Gasteiger partial charge is 0.344 e. The fourth-order valence-corrected chi connectivity index (χ4v) is 2.74. The van der Waals surface area contributed by atoms with Gasteiger partial charge >= 0.3 is 0 Å². The molecule has 0 aliphatic carbocycles. The van der Waals surface area contributed by atoms with Crippen LogP contribution < -0.4 is 5.32 Å². The average molecular weight is 405 g/mol. The highest BCUT2D eigenvalue weighted by molar-refractivity contribution is 9.10. The molecule has 1 aromatic carbocycles. The van der Waals surface area contributed by atoms with Gasteiger partial charge in [0.25, 0.3) is 0 Å². The SMILES string of the molecule is C=CC(=O)N1CC(C(=O)NC(C)c2nc(-c3ccc(Br)cc3)no2)C1. The lowest BCUT2D eigenvalue weighted by Gasteiger charge is -2.37.